The average molecular weight is 284 g/mol. The van der Waals surface area contributed by atoms with Crippen LogP contribution < -0.4 is 5.73 Å². The van der Waals surface area contributed by atoms with Gasteiger partial charge in [0.2, 0.25) is 9.84 Å². The van der Waals surface area contributed by atoms with Crippen LogP contribution in [0.5, 0.6) is 0 Å². The Bertz CT molecular complexity index is 678. The van der Waals surface area contributed by atoms with Crippen LogP contribution in [0.2, 0.25) is 0 Å². The molecular weight excluding hydrogens is 268 g/mol. The molecule has 1 aromatic carbocycles. The van der Waals surface area contributed by atoms with Crippen molar-refractivity contribution < 1.29 is 17.6 Å². The van der Waals surface area contributed by atoms with Crippen LogP contribution in [0.1, 0.15) is 13.3 Å². The van der Waals surface area contributed by atoms with Gasteiger partial charge in [-0.3, -0.25) is 0 Å². The molecular formula is C12H16N2O4S. The van der Waals surface area contributed by atoms with E-state index < -0.39 is 15.1 Å². The molecule has 7 heteroatoms. The fourth-order valence-corrected chi connectivity index (χ4v) is 2.84. The number of aromatic nitrogens is 1. The molecule has 0 aliphatic heterocycles. The largest absolute Gasteiger partial charge is 0.428 e. The van der Waals surface area contributed by atoms with Gasteiger partial charge in [-0.25, -0.2) is 8.42 Å². The minimum Gasteiger partial charge on any atom is -0.428 e. The van der Waals surface area contributed by atoms with Crippen molar-refractivity contribution >= 4 is 26.6 Å². The van der Waals surface area contributed by atoms with E-state index in [-0.39, 0.29) is 5.22 Å². The lowest BCUT2D eigenvalue weighted by atomic mass is 10.3. The minimum absolute atomic E-state index is 0.267. The molecule has 0 spiro atoms. The molecule has 19 heavy (non-hydrogen) atoms. The smallest absolute Gasteiger partial charge is 0.316 e. The Hall–Kier alpha value is -1.60. The molecule has 1 atom stereocenters. The highest BCUT2D eigenvalue weighted by Gasteiger charge is 2.28. The highest BCUT2D eigenvalue weighted by atomic mass is 32.2. The van der Waals surface area contributed by atoms with Crippen molar-refractivity contribution in [1.29, 1.82) is 0 Å². The predicted octanol–water partition coefficient (Wildman–Crippen LogP) is 1.61. The van der Waals surface area contributed by atoms with Crippen LogP contribution in [-0.2, 0) is 14.6 Å². The Balaban J connectivity index is 2.37. The zero-order valence-corrected chi connectivity index (χ0v) is 11.6. The van der Waals surface area contributed by atoms with Crippen molar-refractivity contribution in [2.45, 2.75) is 23.8 Å². The number of ether oxygens (including phenoxy) is 1. The van der Waals surface area contributed by atoms with E-state index in [1.165, 1.54) is 7.11 Å². The molecule has 0 radical (unpaired) electrons. The molecule has 2 rings (SSSR count). The number of nitrogens with zero attached hydrogens (tertiary/aromatic N) is 1. The van der Waals surface area contributed by atoms with Gasteiger partial charge in [-0.05, 0) is 25.5 Å². The second-order valence-electron chi connectivity index (χ2n) is 4.34. The van der Waals surface area contributed by atoms with Gasteiger partial charge >= 0.3 is 5.22 Å². The van der Waals surface area contributed by atoms with Gasteiger partial charge in [-0.1, -0.05) is 0 Å². The minimum atomic E-state index is -3.58. The van der Waals surface area contributed by atoms with E-state index in [0.717, 1.165) is 0 Å². The summed E-state index contributed by atoms with van der Waals surface area (Å²) in [5.74, 6) is 0. The monoisotopic (exact) mass is 284 g/mol. The molecule has 2 aromatic rings. The summed E-state index contributed by atoms with van der Waals surface area (Å²) >= 11 is 0. The van der Waals surface area contributed by atoms with Gasteiger partial charge in [-0.2, -0.15) is 4.98 Å². The maximum absolute atomic E-state index is 12.2. The number of rotatable bonds is 5. The summed E-state index contributed by atoms with van der Waals surface area (Å²) in [4.78, 5) is 4.00. The third-order valence-corrected chi connectivity index (χ3v) is 4.85. The van der Waals surface area contributed by atoms with Crippen molar-refractivity contribution in [1.82, 2.24) is 4.98 Å². The van der Waals surface area contributed by atoms with Crippen molar-refractivity contribution in [3.8, 4) is 0 Å². The van der Waals surface area contributed by atoms with E-state index in [9.17, 15) is 8.42 Å². The number of sulfone groups is 1. The number of oxazole rings is 1. The van der Waals surface area contributed by atoms with E-state index in [2.05, 4.69) is 4.98 Å². The Labute approximate surface area is 111 Å². The summed E-state index contributed by atoms with van der Waals surface area (Å²) in [6.07, 6.45) is 0.389. The first kappa shape index (κ1) is 13.8. The summed E-state index contributed by atoms with van der Waals surface area (Å²) in [6, 6.07) is 4.84. The third kappa shape index (κ3) is 2.71. The molecule has 1 aromatic heterocycles. The maximum Gasteiger partial charge on any atom is 0.316 e. The van der Waals surface area contributed by atoms with Gasteiger partial charge in [0.1, 0.15) is 5.52 Å². The molecule has 0 aliphatic rings. The van der Waals surface area contributed by atoms with E-state index >= 15 is 0 Å². The lowest BCUT2D eigenvalue weighted by Crippen LogP contribution is -2.20. The van der Waals surface area contributed by atoms with Crippen molar-refractivity contribution in [3.05, 3.63) is 18.2 Å². The lowest BCUT2D eigenvalue weighted by molar-refractivity contribution is 0.194. The number of hydrogen-bond donors (Lipinski definition) is 1. The van der Waals surface area contributed by atoms with Crippen LogP contribution in [0.3, 0.4) is 0 Å². The summed E-state index contributed by atoms with van der Waals surface area (Å²) < 4.78 is 34.7. The highest BCUT2D eigenvalue weighted by Crippen LogP contribution is 2.24. The average Bonchev–Trinajstić information content (AvgIpc) is 2.79. The normalized spacial score (nSPS) is 13.8. The Morgan fingerprint density at radius 1 is 1.47 bits per heavy atom. The summed E-state index contributed by atoms with van der Waals surface area (Å²) in [5, 5.41) is -0.880. The lowest BCUT2D eigenvalue weighted by Gasteiger charge is -2.08. The molecule has 0 aliphatic carbocycles. The topological polar surface area (TPSA) is 95.4 Å². The fraction of sp³-hybridized carbons (Fsp3) is 0.417. The first-order valence-electron chi connectivity index (χ1n) is 5.84. The molecule has 0 amide bonds. The Morgan fingerprint density at radius 2 is 2.21 bits per heavy atom. The van der Waals surface area contributed by atoms with Crippen LogP contribution in [0.25, 0.3) is 11.1 Å². The number of nitrogen functional groups attached to an aromatic ring is 1. The molecule has 0 saturated heterocycles. The maximum atomic E-state index is 12.2. The molecule has 0 bridgehead atoms. The summed E-state index contributed by atoms with van der Waals surface area (Å²) in [7, 11) is -2.06. The predicted molar refractivity (Wildman–Crippen MR) is 71.6 cm³/mol. The molecule has 0 saturated carbocycles. The number of hydrogen-bond acceptors (Lipinski definition) is 6. The Morgan fingerprint density at radius 3 is 2.89 bits per heavy atom. The first-order valence-corrected chi connectivity index (χ1v) is 7.38. The Kier molecular flexibility index (Phi) is 3.77. The van der Waals surface area contributed by atoms with Crippen LogP contribution in [-0.4, -0.2) is 32.4 Å². The van der Waals surface area contributed by atoms with Gasteiger partial charge in [-0.15, -0.1) is 0 Å². The third-order valence-electron chi connectivity index (χ3n) is 2.89. The highest BCUT2D eigenvalue weighted by molar-refractivity contribution is 7.91. The number of methoxy groups -OCH3 is 1. The van der Waals surface area contributed by atoms with Crippen LogP contribution in [0, 0.1) is 0 Å². The van der Waals surface area contributed by atoms with Gasteiger partial charge in [0, 0.05) is 25.5 Å². The molecule has 1 heterocycles. The van der Waals surface area contributed by atoms with Gasteiger partial charge < -0.3 is 14.9 Å². The molecule has 0 fully saturated rings. The number of fused-ring (bicyclic) bond motifs is 1. The van der Waals surface area contributed by atoms with Gasteiger partial charge in [0.25, 0.3) is 0 Å². The first-order chi connectivity index (χ1) is 8.95. The van der Waals surface area contributed by atoms with Crippen LogP contribution >= 0.6 is 0 Å². The van der Waals surface area contributed by atoms with E-state index in [1.54, 1.807) is 25.1 Å². The molecule has 6 nitrogen and oxygen atoms in total. The number of benzene rings is 1. The number of anilines is 1. The second-order valence-corrected chi connectivity index (χ2v) is 6.59. The summed E-state index contributed by atoms with van der Waals surface area (Å²) in [6.45, 7) is 1.98. The molecule has 2 N–H and O–H groups in total. The SMILES string of the molecule is COCCC(C)S(=O)(=O)c1nc2ccc(N)cc2o1. The van der Waals surface area contributed by atoms with Crippen molar-refractivity contribution in [2.24, 2.45) is 0 Å². The second kappa shape index (κ2) is 5.18. The van der Waals surface area contributed by atoms with Crippen LogP contribution in [0.4, 0.5) is 5.69 Å². The zero-order valence-electron chi connectivity index (χ0n) is 10.8. The standard InChI is InChI=1S/C12H16N2O4S/c1-8(5-6-17-2)19(15,16)12-14-10-4-3-9(13)7-11(10)18-12/h3-4,7-8H,5-6,13H2,1-2H3. The van der Waals surface area contributed by atoms with Gasteiger partial charge in [0.15, 0.2) is 5.58 Å². The van der Waals surface area contributed by atoms with Crippen molar-refractivity contribution in [3.63, 3.8) is 0 Å². The van der Waals surface area contributed by atoms with Gasteiger partial charge in [0.05, 0.1) is 5.25 Å². The van der Waals surface area contributed by atoms with Crippen LogP contribution in [0.15, 0.2) is 27.8 Å². The van der Waals surface area contributed by atoms with E-state index in [1.807, 2.05) is 0 Å². The number of nitrogens with two attached hydrogens (primary N) is 1. The van der Waals surface area contributed by atoms with E-state index in [4.69, 9.17) is 14.9 Å². The van der Waals surface area contributed by atoms with Crippen molar-refractivity contribution in [2.75, 3.05) is 19.5 Å². The van der Waals surface area contributed by atoms with E-state index in [0.29, 0.717) is 29.8 Å². The quantitative estimate of drug-likeness (QED) is 0.838. The molecule has 1 unspecified atom stereocenters. The zero-order chi connectivity index (χ0) is 14.0. The summed E-state index contributed by atoms with van der Waals surface area (Å²) in [5.41, 5.74) is 6.97. The molecule has 104 valence electrons. The fourth-order valence-electron chi connectivity index (χ4n) is 1.65.